The first kappa shape index (κ1) is 12.4. The van der Waals surface area contributed by atoms with Gasteiger partial charge in [0.05, 0.1) is 0 Å². The topological polar surface area (TPSA) is 48.1 Å². The Labute approximate surface area is 113 Å². The smallest absolute Gasteiger partial charge is 0.238 e. The Bertz CT molecular complexity index is 534. The fourth-order valence-corrected chi connectivity index (χ4v) is 1.99. The first-order valence-corrected chi connectivity index (χ1v) is 6.14. The molecule has 88 valence electrons. The van der Waals surface area contributed by atoms with E-state index in [0.717, 1.165) is 10.0 Å². The summed E-state index contributed by atoms with van der Waals surface area (Å²) in [6.45, 7) is 0.471. The maximum Gasteiger partial charge on any atom is 0.238 e. The van der Waals surface area contributed by atoms with Crippen LogP contribution >= 0.6 is 27.5 Å². The number of pyridine rings is 1. The van der Waals surface area contributed by atoms with Gasteiger partial charge in [-0.25, -0.2) is 4.98 Å². The molecule has 0 atom stereocenters. The van der Waals surface area contributed by atoms with E-state index < -0.39 is 0 Å². The molecular formula is C12H10BrClN2O. The van der Waals surface area contributed by atoms with Gasteiger partial charge in [-0.15, -0.1) is 0 Å². The van der Waals surface area contributed by atoms with Crippen LogP contribution in [0.3, 0.4) is 0 Å². The van der Waals surface area contributed by atoms with Crippen LogP contribution in [0.25, 0.3) is 0 Å². The second kappa shape index (κ2) is 5.49. The molecule has 5 heteroatoms. The van der Waals surface area contributed by atoms with Crippen LogP contribution in [-0.2, 0) is 6.54 Å². The Morgan fingerprint density at radius 1 is 1.35 bits per heavy atom. The zero-order valence-electron chi connectivity index (χ0n) is 8.86. The minimum atomic E-state index is 0.379. The summed E-state index contributed by atoms with van der Waals surface area (Å²) in [5, 5.41) is 0.456. The van der Waals surface area contributed by atoms with Crippen molar-refractivity contribution in [1.29, 1.82) is 0 Å². The third-order valence-electron chi connectivity index (χ3n) is 2.12. The molecule has 0 saturated carbocycles. The zero-order valence-corrected chi connectivity index (χ0v) is 11.2. The van der Waals surface area contributed by atoms with E-state index in [1.54, 1.807) is 12.3 Å². The molecule has 17 heavy (non-hydrogen) atoms. The van der Waals surface area contributed by atoms with E-state index in [1.165, 1.54) is 0 Å². The summed E-state index contributed by atoms with van der Waals surface area (Å²) >= 11 is 9.30. The number of nitrogens with two attached hydrogens (primary N) is 1. The number of hydrogen-bond donors (Lipinski definition) is 1. The summed E-state index contributed by atoms with van der Waals surface area (Å²) in [4.78, 5) is 4.10. The van der Waals surface area contributed by atoms with E-state index in [4.69, 9.17) is 22.1 Å². The molecule has 1 aromatic heterocycles. The van der Waals surface area contributed by atoms with Crippen molar-refractivity contribution in [3.8, 4) is 11.6 Å². The molecule has 0 unspecified atom stereocenters. The Balaban J connectivity index is 2.25. The molecule has 0 bridgehead atoms. The van der Waals surface area contributed by atoms with Gasteiger partial charge in [0.1, 0.15) is 10.8 Å². The number of halogens is 2. The van der Waals surface area contributed by atoms with Crippen LogP contribution < -0.4 is 10.5 Å². The standard InChI is InChI=1S/C12H10BrClN2O/c13-9-5-11(14)12(16-7-9)17-10-3-1-2-8(4-10)6-15/h1-5,7H,6,15H2. The number of rotatable bonds is 3. The minimum absolute atomic E-state index is 0.379. The lowest BCUT2D eigenvalue weighted by Gasteiger charge is -2.07. The third-order valence-corrected chi connectivity index (χ3v) is 2.83. The largest absolute Gasteiger partial charge is 0.438 e. The summed E-state index contributed by atoms with van der Waals surface area (Å²) in [5.41, 5.74) is 6.55. The highest BCUT2D eigenvalue weighted by Gasteiger charge is 2.05. The van der Waals surface area contributed by atoms with Gasteiger partial charge in [-0.05, 0) is 39.7 Å². The molecule has 0 aliphatic rings. The molecule has 0 fully saturated rings. The van der Waals surface area contributed by atoms with Crippen LogP contribution in [0.4, 0.5) is 0 Å². The molecule has 0 spiro atoms. The predicted octanol–water partition coefficient (Wildman–Crippen LogP) is 3.75. The van der Waals surface area contributed by atoms with Crippen molar-refractivity contribution in [2.24, 2.45) is 5.73 Å². The second-order valence-corrected chi connectivity index (χ2v) is 4.72. The van der Waals surface area contributed by atoms with Crippen molar-refractivity contribution in [3.63, 3.8) is 0 Å². The first-order chi connectivity index (χ1) is 8.19. The van der Waals surface area contributed by atoms with E-state index in [1.807, 2.05) is 24.3 Å². The Hall–Kier alpha value is -1.10. The SMILES string of the molecule is NCc1cccc(Oc2ncc(Br)cc2Cl)c1. The number of benzene rings is 1. The van der Waals surface area contributed by atoms with Crippen molar-refractivity contribution < 1.29 is 4.74 Å². The summed E-state index contributed by atoms with van der Waals surface area (Å²) in [6.07, 6.45) is 1.63. The molecule has 2 rings (SSSR count). The van der Waals surface area contributed by atoms with Crippen LogP contribution in [0.15, 0.2) is 41.0 Å². The Kier molecular flexibility index (Phi) is 3.99. The molecule has 2 aromatic rings. The zero-order chi connectivity index (χ0) is 12.3. The van der Waals surface area contributed by atoms with Crippen molar-refractivity contribution in [2.45, 2.75) is 6.54 Å². The lowest BCUT2D eigenvalue weighted by atomic mass is 10.2. The summed E-state index contributed by atoms with van der Waals surface area (Å²) in [7, 11) is 0. The van der Waals surface area contributed by atoms with Gasteiger partial charge in [0.2, 0.25) is 5.88 Å². The number of nitrogens with zero attached hydrogens (tertiary/aromatic N) is 1. The molecule has 0 aliphatic heterocycles. The van der Waals surface area contributed by atoms with Gasteiger partial charge in [0, 0.05) is 17.2 Å². The number of hydrogen-bond acceptors (Lipinski definition) is 3. The van der Waals surface area contributed by atoms with Crippen molar-refractivity contribution in [3.05, 3.63) is 51.6 Å². The lowest BCUT2D eigenvalue weighted by Crippen LogP contribution is -1.96. The van der Waals surface area contributed by atoms with Crippen LogP contribution in [0.1, 0.15) is 5.56 Å². The average Bonchev–Trinajstić information content (AvgIpc) is 2.33. The van der Waals surface area contributed by atoms with Gasteiger partial charge in [0.25, 0.3) is 0 Å². The van der Waals surface area contributed by atoms with Crippen molar-refractivity contribution >= 4 is 27.5 Å². The van der Waals surface area contributed by atoms with Crippen molar-refractivity contribution in [1.82, 2.24) is 4.98 Å². The molecule has 1 aromatic carbocycles. The predicted molar refractivity (Wildman–Crippen MR) is 71.4 cm³/mol. The molecule has 1 heterocycles. The summed E-state index contributed by atoms with van der Waals surface area (Å²) in [6, 6.07) is 9.24. The highest BCUT2D eigenvalue weighted by molar-refractivity contribution is 9.10. The van der Waals surface area contributed by atoms with E-state index in [2.05, 4.69) is 20.9 Å². The van der Waals surface area contributed by atoms with Gasteiger partial charge in [-0.1, -0.05) is 23.7 Å². The molecule has 0 saturated heterocycles. The van der Waals surface area contributed by atoms with Crippen LogP contribution in [-0.4, -0.2) is 4.98 Å². The van der Waals surface area contributed by atoms with Gasteiger partial charge >= 0.3 is 0 Å². The lowest BCUT2D eigenvalue weighted by molar-refractivity contribution is 0.462. The molecule has 2 N–H and O–H groups in total. The van der Waals surface area contributed by atoms with E-state index in [9.17, 15) is 0 Å². The maximum atomic E-state index is 6.01. The van der Waals surface area contributed by atoms with Crippen LogP contribution in [0.5, 0.6) is 11.6 Å². The van der Waals surface area contributed by atoms with Crippen molar-refractivity contribution in [2.75, 3.05) is 0 Å². The third kappa shape index (κ3) is 3.19. The maximum absolute atomic E-state index is 6.01. The van der Waals surface area contributed by atoms with E-state index in [0.29, 0.717) is 23.2 Å². The van der Waals surface area contributed by atoms with Crippen LogP contribution in [0, 0.1) is 0 Å². The number of aromatic nitrogens is 1. The fraction of sp³-hybridized carbons (Fsp3) is 0.0833. The molecular weight excluding hydrogens is 304 g/mol. The normalized spacial score (nSPS) is 10.3. The van der Waals surface area contributed by atoms with Gasteiger partial charge < -0.3 is 10.5 Å². The van der Waals surface area contributed by atoms with Gasteiger partial charge in [-0.3, -0.25) is 0 Å². The molecule has 0 amide bonds. The van der Waals surface area contributed by atoms with Crippen LogP contribution in [0.2, 0.25) is 5.02 Å². The monoisotopic (exact) mass is 312 g/mol. The van der Waals surface area contributed by atoms with E-state index in [-0.39, 0.29) is 0 Å². The van der Waals surface area contributed by atoms with E-state index >= 15 is 0 Å². The molecule has 0 radical (unpaired) electrons. The van der Waals surface area contributed by atoms with Gasteiger partial charge in [-0.2, -0.15) is 0 Å². The summed E-state index contributed by atoms with van der Waals surface area (Å²) < 4.78 is 6.40. The fourth-order valence-electron chi connectivity index (χ4n) is 1.32. The second-order valence-electron chi connectivity index (χ2n) is 3.39. The Morgan fingerprint density at radius 2 is 2.18 bits per heavy atom. The minimum Gasteiger partial charge on any atom is -0.438 e. The molecule has 0 aliphatic carbocycles. The number of ether oxygens (including phenoxy) is 1. The molecule has 3 nitrogen and oxygen atoms in total. The Morgan fingerprint density at radius 3 is 2.88 bits per heavy atom. The highest BCUT2D eigenvalue weighted by atomic mass is 79.9. The quantitative estimate of drug-likeness (QED) is 0.939. The van der Waals surface area contributed by atoms with Gasteiger partial charge in [0.15, 0.2) is 0 Å². The average molecular weight is 314 g/mol. The first-order valence-electron chi connectivity index (χ1n) is 4.97. The summed E-state index contributed by atoms with van der Waals surface area (Å²) in [5.74, 6) is 1.05. The highest BCUT2D eigenvalue weighted by Crippen LogP contribution is 2.29.